The van der Waals surface area contributed by atoms with Crippen molar-refractivity contribution >= 4 is 17.6 Å². The van der Waals surface area contributed by atoms with Gasteiger partial charge < -0.3 is 4.90 Å². The topological polar surface area (TPSA) is 66.4 Å². The van der Waals surface area contributed by atoms with Gasteiger partial charge in [0.1, 0.15) is 11.6 Å². The van der Waals surface area contributed by atoms with Crippen molar-refractivity contribution in [3.63, 3.8) is 0 Å². The van der Waals surface area contributed by atoms with E-state index < -0.39 is 0 Å². The van der Waals surface area contributed by atoms with Crippen LogP contribution < -0.4 is 4.90 Å². The van der Waals surface area contributed by atoms with Crippen molar-refractivity contribution in [2.45, 2.75) is 65.3 Å². The summed E-state index contributed by atoms with van der Waals surface area (Å²) in [5.41, 5.74) is 2.47. The zero-order valence-electron chi connectivity index (χ0n) is 19.1. The van der Waals surface area contributed by atoms with Crippen molar-refractivity contribution in [3.8, 4) is 0 Å². The minimum Gasteiger partial charge on any atom is -0.332 e. The molecule has 32 heavy (non-hydrogen) atoms. The first-order chi connectivity index (χ1) is 15.3. The summed E-state index contributed by atoms with van der Waals surface area (Å²) in [5.74, 6) is 1.46. The molecule has 170 valence electrons. The number of likely N-dealkylation sites (tertiary alicyclic amines) is 1. The third kappa shape index (κ3) is 4.52. The molecule has 1 fully saturated rings. The van der Waals surface area contributed by atoms with Crippen LogP contribution in [0.15, 0.2) is 24.3 Å². The van der Waals surface area contributed by atoms with E-state index >= 15 is 0 Å². The zero-order chi connectivity index (χ0) is 22.8. The first-order valence-electron chi connectivity index (χ1n) is 11.6. The molecule has 3 heterocycles. The van der Waals surface area contributed by atoms with Gasteiger partial charge in [0.25, 0.3) is 0 Å². The third-order valence-corrected chi connectivity index (χ3v) is 6.34. The Kier molecular flexibility index (Phi) is 6.53. The fourth-order valence-corrected chi connectivity index (χ4v) is 4.73. The maximum Gasteiger partial charge on any atom is 0.228 e. The molecule has 0 saturated carbocycles. The number of carbonyl (C=O) groups is 2. The van der Waals surface area contributed by atoms with Crippen LogP contribution >= 0.6 is 0 Å². The number of carbonyl (C=O) groups excluding carboxylic acids is 2. The molecular formula is C25H31FN4O2. The summed E-state index contributed by atoms with van der Waals surface area (Å²) < 4.78 is 13.9. The predicted octanol–water partition coefficient (Wildman–Crippen LogP) is 4.16. The summed E-state index contributed by atoms with van der Waals surface area (Å²) in [6, 6.07) is 6.38. The fraction of sp³-hybridized carbons (Fsp3) is 0.520. The second kappa shape index (κ2) is 9.35. The molecule has 1 aromatic carbocycles. The Morgan fingerprint density at radius 3 is 2.75 bits per heavy atom. The maximum atomic E-state index is 13.9. The standard InChI is InChI=1S/C25H31FN4O2/c1-16(2)15-30-23(32)13-11-19-17(3)27-24(28-25(19)30)21-9-6-14-29(21)22(31)12-10-18-7-4-5-8-20(18)26/h4-5,7-8,16,21H,6,9-15H2,1-3H3/t21-/m1/s1. The molecule has 1 atom stereocenters. The molecule has 0 aliphatic carbocycles. The van der Waals surface area contributed by atoms with Crippen LogP contribution in [0.2, 0.25) is 0 Å². The van der Waals surface area contributed by atoms with Gasteiger partial charge in [-0.15, -0.1) is 0 Å². The lowest BCUT2D eigenvalue weighted by atomic mass is 10.0. The van der Waals surface area contributed by atoms with Crippen LogP contribution in [0.25, 0.3) is 0 Å². The number of aryl methyl sites for hydroxylation is 2. The number of aromatic nitrogens is 2. The van der Waals surface area contributed by atoms with Gasteiger partial charge in [-0.25, -0.2) is 14.4 Å². The van der Waals surface area contributed by atoms with E-state index in [0.29, 0.717) is 55.5 Å². The minimum atomic E-state index is -0.276. The third-order valence-electron chi connectivity index (χ3n) is 6.34. The van der Waals surface area contributed by atoms with Gasteiger partial charge in [0, 0.05) is 37.2 Å². The van der Waals surface area contributed by atoms with E-state index in [1.165, 1.54) is 6.07 Å². The van der Waals surface area contributed by atoms with Crippen LogP contribution in [0.3, 0.4) is 0 Å². The van der Waals surface area contributed by atoms with E-state index in [0.717, 1.165) is 24.1 Å². The van der Waals surface area contributed by atoms with Crippen LogP contribution in [0.5, 0.6) is 0 Å². The summed E-state index contributed by atoms with van der Waals surface area (Å²) in [6.07, 6.45) is 3.43. The number of amides is 2. The molecule has 0 N–H and O–H groups in total. The minimum absolute atomic E-state index is 0.00941. The molecule has 0 bridgehead atoms. The van der Waals surface area contributed by atoms with E-state index in [1.54, 1.807) is 23.1 Å². The van der Waals surface area contributed by atoms with Crippen LogP contribution in [-0.2, 0) is 22.4 Å². The molecule has 2 aromatic rings. The molecule has 6 nitrogen and oxygen atoms in total. The van der Waals surface area contributed by atoms with E-state index in [4.69, 9.17) is 9.97 Å². The molecule has 1 aromatic heterocycles. The number of hydrogen-bond acceptors (Lipinski definition) is 4. The summed E-state index contributed by atoms with van der Waals surface area (Å²) >= 11 is 0. The Hall–Kier alpha value is -2.83. The highest BCUT2D eigenvalue weighted by Crippen LogP contribution is 2.35. The van der Waals surface area contributed by atoms with Crippen molar-refractivity contribution in [2.75, 3.05) is 18.0 Å². The Balaban J connectivity index is 1.56. The van der Waals surface area contributed by atoms with Gasteiger partial charge in [0.15, 0.2) is 5.82 Å². The van der Waals surface area contributed by atoms with Gasteiger partial charge in [-0.05, 0) is 50.2 Å². The lowest BCUT2D eigenvalue weighted by Crippen LogP contribution is -2.40. The molecule has 4 rings (SSSR count). The van der Waals surface area contributed by atoms with Crippen molar-refractivity contribution in [1.82, 2.24) is 14.9 Å². The number of rotatable bonds is 6. The van der Waals surface area contributed by atoms with Crippen LogP contribution in [0, 0.1) is 18.7 Å². The molecular weight excluding hydrogens is 407 g/mol. The molecule has 2 aliphatic heterocycles. The monoisotopic (exact) mass is 438 g/mol. The van der Waals surface area contributed by atoms with Gasteiger partial charge in [-0.3, -0.25) is 14.5 Å². The highest BCUT2D eigenvalue weighted by Gasteiger charge is 2.35. The number of nitrogens with zero attached hydrogens (tertiary/aromatic N) is 4. The normalized spacial score (nSPS) is 18.4. The summed E-state index contributed by atoms with van der Waals surface area (Å²) in [4.78, 5) is 38.9. The quantitative estimate of drug-likeness (QED) is 0.679. The molecule has 0 radical (unpaired) electrons. The van der Waals surface area contributed by atoms with Crippen molar-refractivity contribution in [2.24, 2.45) is 5.92 Å². The van der Waals surface area contributed by atoms with E-state index in [1.807, 2.05) is 11.8 Å². The molecule has 0 spiro atoms. The summed E-state index contributed by atoms with van der Waals surface area (Å²) in [6.45, 7) is 7.41. The van der Waals surface area contributed by atoms with Crippen LogP contribution in [0.1, 0.15) is 68.2 Å². The number of benzene rings is 1. The molecule has 2 aliphatic rings. The first-order valence-corrected chi connectivity index (χ1v) is 11.6. The van der Waals surface area contributed by atoms with Crippen LogP contribution in [-0.4, -0.2) is 39.8 Å². The van der Waals surface area contributed by atoms with Gasteiger partial charge in [0.2, 0.25) is 11.8 Å². The van der Waals surface area contributed by atoms with Crippen molar-refractivity contribution in [1.29, 1.82) is 0 Å². The predicted molar refractivity (Wildman–Crippen MR) is 121 cm³/mol. The van der Waals surface area contributed by atoms with Gasteiger partial charge in [0.05, 0.1) is 6.04 Å². The molecule has 1 saturated heterocycles. The second-order valence-electron chi connectivity index (χ2n) is 9.20. The van der Waals surface area contributed by atoms with Gasteiger partial charge in [-0.2, -0.15) is 0 Å². The van der Waals surface area contributed by atoms with Crippen molar-refractivity contribution in [3.05, 3.63) is 52.7 Å². The SMILES string of the molecule is Cc1nc([C@H]2CCCN2C(=O)CCc2ccccc2F)nc2c1CCC(=O)N2CC(C)C. The molecule has 0 unspecified atom stereocenters. The fourth-order valence-electron chi connectivity index (χ4n) is 4.73. The highest BCUT2D eigenvalue weighted by atomic mass is 19.1. The maximum absolute atomic E-state index is 13.9. The largest absolute Gasteiger partial charge is 0.332 e. The lowest BCUT2D eigenvalue weighted by molar-refractivity contribution is -0.132. The molecule has 2 amide bonds. The van der Waals surface area contributed by atoms with E-state index in [2.05, 4.69) is 13.8 Å². The molecule has 7 heteroatoms. The Morgan fingerprint density at radius 2 is 2.00 bits per heavy atom. The smallest absolute Gasteiger partial charge is 0.228 e. The van der Waals surface area contributed by atoms with Crippen LogP contribution in [0.4, 0.5) is 10.2 Å². The summed E-state index contributed by atoms with van der Waals surface area (Å²) in [7, 11) is 0. The lowest BCUT2D eigenvalue weighted by Gasteiger charge is -2.32. The number of halogens is 1. The average Bonchev–Trinajstić information content (AvgIpc) is 3.25. The summed E-state index contributed by atoms with van der Waals surface area (Å²) in [5, 5.41) is 0. The Bertz CT molecular complexity index is 1020. The Labute approximate surface area is 188 Å². The van der Waals surface area contributed by atoms with Gasteiger partial charge >= 0.3 is 0 Å². The number of fused-ring (bicyclic) bond motifs is 1. The van der Waals surface area contributed by atoms with E-state index in [-0.39, 0.29) is 30.1 Å². The highest BCUT2D eigenvalue weighted by molar-refractivity contribution is 5.95. The van der Waals surface area contributed by atoms with Gasteiger partial charge in [-0.1, -0.05) is 32.0 Å². The zero-order valence-corrected chi connectivity index (χ0v) is 19.1. The van der Waals surface area contributed by atoms with Crippen molar-refractivity contribution < 1.29 is 14.0 Å². The first kappa shape index (κ1) is 22.4. The van der Waals surface area contributed by atoms with E-state index in [9.17, 15) is 14.0 Å². The number of anilines is 1. The Morgan fingerprint density at radius 1 is 1.22 bits per heavy atom. The second-order valence-corrected chi connectivity index (χ2v) is 9.20. The number of hydrogen-bond donors (Lipinski definition) is 0. The average molecular weight is 439 g/mol.